The molecule has 0 fully saturated rings. The number of ether oxygens (including phenoxy) is 1. The van der Waals surface area contributed by atoms with Crippen molar-refractivity contribution in [2.24, 2.45) is 10.2 Å². The fraction of sp³-hybridized carbons (Fsp3) is 0.647. The lowest BCUT2D eigenvalue weighted by Gasteiger charge is -2.24. The maximum Gasteiger partial charge on any atom is 0.176 e. The molecule has 0 aliphatic rings. The average molecular weight is 276 g/mol. The second-order valence-electron chi connectivity index (χ2n) is 5.67. The van der Waals surface area contributed by atoms with Crippen molar-refractivity contribution in [3.05, 3.63) is 35.9 Å². The van der Waals surface area contributed by atoms with E-state index in [0.29, 0.717) is 0 Å². The van der Waals surface area contributed by atoms with Gasteiger partial charge >= 0.3 is 0 Å². The van der Waals surface area contributed by atoms with Gasteiger partial charge in [-0.3, -0.25) is 0 Å². The molecule has 1 aromatic rings. The lowest BCUT2D eigenvalue weighted by Crippen LogP contribution is -2.26. The molecule has 0 N–H and O–H groups in total. The number of hydrogen-bond donors (Lipinski definition) is 0. The first-order chi connectivity index (χ1) is 9.56. The summed E-state index contributed by atoms with van der Waals surface area (Å²) in [4.78, 5) is 0. The molecule has 0 heterocycles. The van der Waals surface area contributed by atoms with E-state index in [4.69, 9.17) is 4.74 Å². The van der Waals surface area contributed by atoms with E-state index >= 15 is 0 Å². The van der Waals surface area contributed by atoms with Crippen LogP contribution in [0.5, 0.6) is 0 Å². The SMILES string of the molecule is CCCC(C)(N=NC(C)C)OCCCc1ccccc1. The maximum atomic E-state index is 5.98. The second kappa shape index (κ2) is 8.85. The molecular formula is C17H28N2O. The highest BCUT2D eigenvalue weighted by Gasteiger charge is 2.23. The molecule has 1 rings (SSSR count). The van der Waals surface area contributed by atoms with Crippen LogP contribution in [0.4, 0.5) is 0 Å². The molecule has 1 unspecified atom stereocenters. The molecule has 0 spiro atoms. The van der Waals surface area contributed by atoms with Crippen molar-refractivity contribution >= 4 is 0 Å². The van der Waals surface area contributed by atoms with Crippen LogP contribution in [0, 0.1) is 0 Å². The van der Waals surface area contributed by atoms with Crippen LogP contribution in [0.2, 0.25) is 0 Å². The van der Waals surface area contributed by atoms with Gasteiger partial charge in [0.25, 0.3) is 0 Å². The van der Waals surface area contributed by atoms with Crippen molar-refractivity contribution in [1.29, 1.82) is 0 Å². The Labute approximate surface area is 123 Å². The molecule has 0 bridgehead atoms. The minimum atomic E-state index is -0.463. The monoisotopic (exact) mass is 276 g/mol. The van der Waals surface area contributed by atoms with Gasteiger partial charge in [-0.1, -0.05) is 43.7 Å². The topological polar surface area (TPSA) is 34.0 Å². The second-order valence-corrected chi connectivity index (χ2v) is 5.67. The van der Waals surface area contributed by atoms with Crippen molar-refractivity contribution in [3.63, 3.8) is 0 Å². The quantitative estimate of drug-likeness (QED) is 0.461. The minimum Gasteiger partial charge on any atom is -0.352 e. The summed E-state index contributed by atoms with van der Waals surface area (Å²) in [6.45, 7) is 8.97. The molecule has 0 saturated heterocycles. The molecule has 3 nitrogen and oxygen atoms in total. The van der Waals surface area contributed by atoms with Crippen molar-refractivity contribution in [3.8, 4) is 0 Å². The van der Waals surface area contributed by atoms with E-state index < -0.39 is 5.72 Å². The van der Waals surface area contributed by atoms with E-state index in [1.807, 2.05) is 26.8 Å². The van der Waals surface area contributed by atoms with Crippen LogP contribution in [-0.4, -0.2) is 18.4 Å². The molecular weight excluding hydrogens is 248 g/mol. The average Bonchev–Trinajstić information content (AvgIpc) is 2.43. The van der Waals surface area contributed by atoms with Crippen LogP contribution < -0.4 is 0 Å². The van der Waals surface area contributed by atoms with Crippen molar-refractivity contribution in [2.75, 3.05) is 6.61 Å². The number of aryl methyl sites for hydroxylation is 1. The molecule has 0 amide bonds. The molecule has 0 aliphatic carbocycles. The molecule has 0 aromatic heterocycles. The Hall–Kier alpha value is -1.22. The van der Waals surface area contributed by atoms with Crippen LogP contribution in [0.3, 0.4) is 0 Å². The van der Waals surface area contributed by atoms with Crippen LogP contribution in [0.15, 0.2) is 40.6 Å². The van der Waals surface area contributed by atoms with Gasteiger partial charge < -0.3 is 4.74 Å². The fourth-order valence-corrected chi connectivity index (χ4v) is 2.07. The molecule has 0 radical (unpaired) electrons. The summed E-state index contributed by atoms with van der Waals surface area (Å²) in [5.74, 6) is 0. The summed E-state index contributed by atoms with van der Waals surface area (Å²) in [7, 11) is 0. The third-order valence-corrected chi connectivity index (χ3v) is 3.08. The van der Waals surface area contributed by atoms with Crippen molar-refractivity contribution in [2.45, 2.75) is 65.1 Å². The van der Waals surface area contributed by atoms with Crippen LogP contribution in [0.1, 0.15) is 52.5 Å². The highest BCUT2D eigenvalue weighted by molar-refractivity contribution is 5.14. The lowest BCUT2D eigenvalue weighted by atomic mass is 10.1. The third-order valence-electron chi connectivity index (χ3n) is 3.08. The van der Waals surface area contributed by atoms with Crippen LogP contribution >= 0.6 is 0 Å². The zero-order valence-corrected chi connectivity index (χ0v) is 13.3. The van der Waals surface area contributed by atoms with E-state index in [2.05, 4.69) is 41.4 Å². The Kier molecular flexibility index (Phi) is 7.45. The Morgan fingerprint density at radius 1 is 1.20 bits per heavy atom. The summed E-state index contributed by atoms with van der Waals surface area (Å²) in [6.07, 6.45) is 4.02. The van der Waals surface area contributed by atoms with Gasteiger partial charge in [-0.2, -0.15) is 10.2 Å². The molecule has 3 heteroatoms. The van der Waals surface area contributed by atoms with Gasteiger partial charge in [-0.25, -0.2) is 0 Å². The normalized spacial score (nSPS) is 14.8. The van der Waals surface area contributed by atoms with Crippen molar-refractivity contribution < 1.29 is 4.74 Å². The van der Waals surface area contributed by atoms with Gasteiger partial charge in [0.15, 0.2) is 5.72 Å². The van der Waals surface area contributed by atoms with Gasteiger partial charge in [0, 0.05) is 6.61 Å². The predicted octanol–water partition coefficient (Wildman–Crippen LogP) is 5.01. The van der Waals surface area contributed by atoms with E-state index in [1.54, 1.807) is 0 Å². The van der Waals surface area contributed by atoms with Gasteiger partial charge in [0.05, 0.1) is 6.04 Å². The van der Waals surface area contributed by atoms with E-state index in [1.165, 1.54) is 5.56 Å². The number of hydrogen-bond acceptors (Lipinski definition) is 3. The number of benzene rings is 1. The molecule has 0 saturated carbocycles. The summed E-state index contributed by atoms with van der Waals surface area (Å²) in [5, 5.41) is 8.64. The molecule has 1 aromatic carbocycles. The molecule has 1 atom stereocenters. The van der Waals surface area contributed by atoms with Gasteiger partial charge in [0.2, 0.25) is 0 Å². The molecule has 112 valence electrons. The minimum absolute atomic E-state index is 0.221. The summed E-state index contributed by atoms with van der Waals surface area (Å²) in [6, 6.07) is 10.7. The third kappa shape index (κ3) is 6.80. The smallest absolute Gasteiger partial charge is 0.176 e. The zero-order valence-electron chi connectivity index (χ0n) is 13.3. The van der Waals surface area contributed by atoms with Gasteiger partial charge in [-0.15, -0.1) is 0 Å². The number of rotatable bonds is 9. The van der Waals surface area contributed by atoms with E-state index in [-0.39, 0.29) is 6.04 Å². The Morgan fingerprint density at radius 2 is 1.90 bits per heavy atom. The number of azo groups is 1. The standard InChI is InChI=1S/C17H28N2O/c1-5-13-17(4,19-18-15(2)3)20-14-9-12-16-10-7-6-8-11-16/h6-8,10-11,15H,5,9,12-14H2,1-4H3. The fourth-order valence-electron chi connectivity index (χ4n) is 2.07. The summed E-state index contributed by atoms with van der Waals surface area (Å²) >= 11 is 0. The van der Waals surface area contributed by atoms with Crippen LogP contribution in [-0.2, 0) is 11.2 Å². The lowest BCUT2D eigenvalue weighted by molar-refractivity contribution is -0.0384. The highest BCUT2D eigenvalue weighted by Crippen LogP contribution is 2.21. The first-order valence-corrected chi connectivity index (χ1v) is 7.65. The van der Waals surface area contributed by atoms with E-state index in [9.17, 15) is 0 Å². The largest absolute Gasteiger partial charge is 0.352 e. The predicted molar refractivity (Wildman–Crippen MR) is 84.0 cm³/mol. The van der Waals surface area contributed by atoms with Gasteiger partial charge in [0.1, 0.15) is 0 Å². The van der Waals surface area contributed by atoms with E-state index in [0.717, 1.165) is 32.3 Å². The van der Waals surface area contributed by atoms with Crippen LogP contribution in [0.25, 0.3) is 0 Å². The Balaban J connectivity index is 2.39. The van der Waals surface area contributed by atoms with Crippen molar-refractivity contribution in [1.82, 2.24) is 0 Å². The summed E-state index contributed by atoms with van der Waals surface area (Å²) < 4.78 is 5.98. The maximum absolute atomic E-state index is 5.98. The molecule has 0 aliphatic heterocycles. The zero-order chi connectivity index (χ0) is 14.8. The first kappa shape index (κ1) is 16.8. The Morgan fingerprint density at radius 3 is 2.50 bits per heavy atom. The molecule has 20 heavy (non-hydrogen) atoms. The van der Waals surface area contributed by atoms with Gasteiger partial charge in [-0.05, 0) is 45.6 Å². The highest BCUT2D eigenvalue weighted by atomic mass is 16.5. The summed E-state index contributed by atoms with van der Waals surface area (Å²) in [5.41, 5.74) is 0.896. The Bertz CT molecular complexity index is 389. The number of nitrogens with zero attached hydrogens (tertiary/aromatic N) is 2. The first-order valence-electron chi connectivity index (χ1n) is 7.65.